The van der Waals surface area contributed by atoms with E-state index in [2.05, 4.69) is 12.3 Å². The van der Waals surface area contributed by atoms with Crippen LogP contribution in [0.25, 0.3) is 5.31 Å². The first-order valence-corrected chi connectivity index (χ1v) is 10.1. The van der Waals surface area contributed by atoms with Crippen molar-refractivity contribution in [3.63, 3.8) is 0 Å². The van der Waals surface area contributed by atoms with Crippen LogP contribution in [-0.2, 0) is 9.30 Å². The van der Waals surface area contributed by atoms with E-state index >= 15 is 0 Å². The number of hydrogen-bond acceptors (Lipinski definition) is 3. The van der Waals surface area contributed by atoms with E-state index in [-0.39, 0.29) is 0 Å². The molecule has 0 atom stereocenters. The summed E-state index contributed by atoms with van der Waals surface area (Å²) in [5.74, 6) is -0.417. The van der Waals surface area contributed by atoms with Crippen molar-refractivity contribution in [2.24, 2.45) is 0 Å². The Morgan fingerprint density at radius 1 is 0.815 bits per heavy atom. The van der Waals surface area contributed by atoms with Crippen LogP contribution in [0, 0.1) is 0 Å². The van der Waals surface area contributed by atoms with Gasteiger partial charge in [-0.3, -0.25) is 0 Å². The largest absolute Gasteiger partial charge is 0.465 e. The van der Waals surface area contributed by atoms with E-state index in [4.69, 9.17) is 4.74 Å². The quantitative estimate of drug-likeness (QED) is 0.372. The maximum atomic E-state index is 14.4. The molecule has 0 aliphatic heterocycles. The predicted octanol–water partition coefficient (Wildman–Crippen LogP) is 4.61. The van der Waals surface area contributed by atoms with Crippen molar-refractivity contribution < 1.29 is 14.1 Å². The van der Waals surface area contributed by atoms with Gasteiger partial charge >= 0.3 is 5.97 Å². The molecule has 0 unspecified atom stereocenters. The third-order valence-electron chi connectivity index (χ3n) is 4.30. The Balaban J connectivity index is 2.18. The lowest BCUT2D eigenvalue weighted by Gasteiger charge is -2.21. The third-order valence-corrected chi connectivity index (χ3v) is 7.40. The molecule has 0 spiro atoms. The zero-order chi connectivity index (χ0) is 19.3. The Hall–Kier alpha value is -3.12. The van der Waals surface area contributed by atoms with Crippen LogP contribution in [0.4, 0.5) is 0 Å². The molecule has 0 aromatic heterocycles. The van der Waals surface area contributed by atoms with Crippen molar-refractivity contribution in [3.8, 4) is 0 Å². The van der Waals surface area contributed by atoms with Gasteiger partial charge in [0.2, 0.25) is 0 Å². The molecule has 0 aliphatic rings. The third kappa shape index (κ3) is 3.57. The summed E-state index contributed by atoms with van der Waals surface area (Å²) in [6, 6.07) is 25.5. The van der Waals surface area contributed by atoms with Gasteiger partial charge in [0.05, 0.1) is 18.0 Å². The smallest absolute Gasteiger partial charge is 0.337 e. The summed E-state index contributed by atoms with van der Waals surface area (Å²) in [5, 5.41) is 1.93. The van der Waals surface area contributed by atoms with Crippen LogP contribution in [0.1, 0.15) is 15.9 Å². The lowest BCUT2D eigenvalue weighted by molar-refractivity contribution is 0.0600. The Labute approximate surface area is 159 Å². The number of carbonyl (C=O) groups excluding carboxylic acids is 1. The molecule has 0 aliphatic carbocycles. The lowest BCUT2D eigenvalue weighted by Crippen LogP contribution is -2.16. The maximum Gasteiger partial charge on any atom is 0.337 e. The van der Waals surface area contributed by atoms with Gasteiger partial charge < -0.3 is 9.30 Å². The fourth-order valence-corrected chi connectivity index (χ4v) is 5.69. The van der Waals surface area contributed by atoms with Crippen LogP contribution in [0.3, 0.4) is 0 Å². The molecule has 0 amide bonds. The first-order chi connectivity index (χ1) is 13.1. The molecular weight excluding hydrogens is 355 g/mol. The fraction of sp³-hybridized carbons (Fsp3) is 0.0435. The lowest BCUT2D eigenvalue weighted by atomic mass is 10.1. The summed E-state index contributed by atoms with van der Waals surface area (Å²) in [4.78, 5) is 11.7. The zero-order valence-electron chi connectivity index (χ0n) is 15.0. The Kier molecular flexibility index (Phi) is 5.57. The first kappa shape index (κ1) is 18.7. The van der Waals surface area contributed by atoms with Gasteiger partial charge in [-0.05, 0) is 17.7 Å². The SMILES string of the molecule is C=C=C(c1ccc(C(=O)OC)cc1)P(=O)(c1ccccc1)c1ccccc1. The molecule has 0 heterocycles. The van der Waals surface area contributed by atoms with Gasteiger partial charge in [-0.2, -0.15) is 0 Å². The summed E-state index contributed by atoms with van der Waals surface area (Å²) in [6.45, 7) is 3.80. The van der Waals surface area contributed by atoms with Crippen molar-refractivity contribution in [1.29, 1.82) is 0 Å². The van der Waals surface area contributed by atoms with Crippen LogP contribution >= 0.6 is 7.14 Å². The topological polar surface area (TPSA) is 43.4 Å². The second-order valence-electron chi connectivity index (χ2n) is 5.87. The average molecular weight is 374 g/mol. The highest BCUT2D eigenvalue weighted by Crippen LogP contribution is 2.55. The summed E-state index contributed by atoms with van der Waals surface area (Å²) in [7, 11) is -1.84. The van der Waals surface area contributed by atoms with Crippen molar-refractivity contribution in [1.82, 2.24) is 0 Å². The average Bonchev–Trinajstić information content (AvgIpc) is 2.75. The Morgan fingerprint density at radius 3 is 1.67 bits per heavy atom. The highest BCUT2D eigenvalue weighted by molar-refractivity contribution is 7.87. The van der Waals surface area contributed by atoms with Gasteiger partial charge in [-0.25, -0.2) is 4.79 Å². The van der Waals surface area contributed by atoms with Crippen LogP contribution < -0.4 is 10.6 Å². The molecule has 0 saturated heterocycles. The molecule has 0 radical (unpaired) electrons. The molecule has 3 nitrogen and oxygen atoms in total. The van der Waals surface area contributed by atoms with Crippen LogP contribution in [0.2, 0.25) is 0 Å². The van der Waals surface area contributed by atoms with Crippen molar-refractivity contribution >= 4 is 29.0 Å². The normalized spacial score (nSPS) is 10.7. The summed E-state index contributed by atoms with van der Waals surface area (Å²) in [5.41, 5.74) is 4.04. The molecule has 27 heavy (non-hydrogen) atoms. The second-order valence-corrected chi connectivity index (χ2v) is 8.57. The number of carbonyl (C=O) groups is 1. The van der Waals surface area contributed by atoms with Crippen molar-refractivity contribution in [2.75, 3.05) is 7.11 Å². The summed E-state index contributed by atoms with van der Waals surface area (Å²) >= 11 is 0. The monoisotopic (exact) mass is 374 g/mol. The van der Waals surface area contributed by atoms with Crippen molar-refractivity contribution in [3.05, 3.63) is 108 Å². The fourth-order valence-electron chi connectivity index (χ4n) is 2.96. The van der Waals surface area contributed by atoms with Crippen LogP contribution in [0.5, 0.6) is 0 Å². The van der Waals surface area contributed by atoms with Crippen LogP contribution in [0.15, 0.2) is 97.2 Å². The van der Waals surface area contributed by atoms with Crippen molar-refractivity contribution in [2.45, 2.75) is 0 Å². The Bertz CT molecular complexity index is 989. The molecule has 3 aromatic rings. The number of benzene rings is 3. The minimum absolute atomic E-state index is 0.417. The molecule has 0 fully saturated rings. The van der Waals surface area contributed by atoms with E-state index in [1.165, 1.54) is 7.11 Å². The first-order valence-electron chi connectivity index (χ1n) is 8.42. The van der Waals surface area contributed by atoms with E-state index in [1.807, 2.05) is 60.7 Å². The standard InChI is InChI=1S/C23H19O3P/c1-3-22(18-14-16-19(17-15-18)23(24)26-2)27(25,20-10-6-4-7-11-20)21-12-8-5-9-13-21/h4-17H,1H2,2H3. The van der Waals surface area contributed by atoms with E-state index in [1.54, 1.807) is 24.3 Å². The molecule has 0 saturated carbocycles. The van der Waals surface area contributed by atoms with Gasteiger partial charge in [-0.1, -0.05) is 79.4 Å². The van der Waals surface area contributed by atoms with E-state index in [9.17, 15) is 9.36 Å². The molecule has 0 N–H and O–H groups in total. The summed E-state index contributed by atoms with van der Waals surface area (Å²) in [6.07, 6.45) is 0. The van der Waals surface area contributed by atoms with Gasteiger partial charge in [0, 0.05) is 10.6 Å². The highest BCUT2D eigenvalue weighted by Gasteiger charge is 2.32. The molecule has 134 valence electrons. The number of hydrogen-bond donors (Lipinski definition) is 0. The molecule has 3 rings (SSSR count). The predicted molar refractivity (Wildman–Crippen MR) is 110 cm³/mol. The van der Waals surface area contributed by atoms with Crippen LogP contribution in [-0.4, -0.2) is 13.1 Å². The number of ether oxygens (including phenoxy) is 1. The number of rotatable bonds is 5. The molecule has 3 aromatic carbocycles. The zero-order valence-corrected chi connectivity index (χ0v) is 15.9. The van der Waals surface area contributed by atoms with E-state index in [0.29, 0.717) is 27.1 Å². The second kappa shape index (κ2) is 8.05. The van der Waals surface area contributed by atoms with Gasteiger partial charge in [0.1, 0.15) is 0 Å². The van der Waals surface area contributed by atoms with Gasteiger partial charge in [0.25, 0.3) is 0 Å². The van der Waals surface area contributed by atoms with Gasteiger partial charge in [-0.15, -0.1) is 5.73 Å². The minimum Gasteiger partial charge on any atom is -0.465 e. The van der Waals surface area contributed by atoms with Gasteiger partial charge in [0.15, 0.2) is 7.14 Å². The highest BCUT2D eigenvalue weighted by atomic mass is 31.2. The molecule has 0 bridgehead atoms. The molecular formula is C23H19O3P. The number of esters is 1. The molecule has 4 heteroatoms. The Morgan fingerprint density at radius 2 is 1.26 bits per heavy atom. The number of methoxy groups -OCH3 is 1. The summed E-state index contributed by atoms with van der Waals surface area (Å²) < 4.78 is 19.1. The van der Waals surface area contributed by atoms with E-state index in [0.717, 1.165) is 0 Å². The maximum absolute atomic E-state index is 14.4. The van der Waals surface area contributed by atoms with E-state index < -0.39 is 13.1 Å². The minimum atomic E-state index is -3.18.